The Morgan fingerprint density at radius 1 is 1.45 bits per heavy atom. The molecule has 0 radical (unpaired) electrons. The quantitative estimate of drug-likeness (QED) is 0.651. The van der Waals surface area contributed by atoms with Crippen molar-refractivity contribution in [3.63, 3.8) is 0 Å². The maximum atomic E-state index is 13.4. The summed E-state index contributed by atoms with van der Waals surface area (Å²) in [5.41, 5.74) is 0.569. The Hall–Kier alpha value is -2.48. The van der Waals surface area contributed by atoms with Crippen molar-refractivity contribution in [2.24, 2.45) is 0 Å². The zero-order valence-electron chi connectivity index (χ0n) is 12.2. The van der Waals surface area contributed by atoms with Gasteiger partial charge in [-0.15, -0.1) is 0 Å². The SMILES string of the molecule is Cc1nn(CC(O)COc2ccccc2F)c(C)c1[N+](=O)[O-]. The standard InChI is InChI=1S/C14H16FN3O4/c1-9-14(18(20)21)10(2)17(16-9)7-11(19)8-22-13-6-4-3-5-12(13)15/h3-6,11,19H,7-8H2,1-2H3. The van der Waals surface area contributed by atoms with E-state index in [0.29, 0.717) is 5.69 Å². The zero-order valence-corrected chi connectivity index (χ0v) is 12.2. The first-order valence-electron chi connectivity index (χ1n) is 6.64. The van der Waals surface area contributed by atoms with Gasteiger partial charge in [-0.3, -0.25) is 14.8 Å². The highest BCUT2D eigenvalue weighted by atomic mass is 19.1. The van der Waals surface area contributed by atoms with Crippen molar-refractivity contribution in [3.8, 4) is 5.75 Å². The molecule has 0 saturated carbocycles. The summed E-state index contributed by atoms with van der Waals surface area (Å²) in [5.74, 6) is -0.475. The van der Waals surface area contributed by atoms with Gasteiger partial charge in [-0.2, -0.15) is 5.10 Å². The van der Waals surface area contributed by atoms with Crippen molar-refractivity contribution < 1.29 is 19.2 Å². The van der Waals surface area contributed by atoms with E-state index in [2.05, 4.69) is 5.10 Å². The van der Waals surface area contributed by atoms with Gasteiger partial charge in [0.1, 0.15) is 24.1 Å². The van der Waals surface area contributed by atoms with E-state index in [1.807, 2.05) is 0 Å². The molecule has 118 valence electrons. The molecule has 1 atom stereocenters. The number of halogens is 1. The van der Waals surface area contributed by atoms with Gasteiger partial charge in [0.25, 0.3) is 0 Å². The summed E-state index contributed by atoms with van der Waals surface area (Å²) >= 11 is 0. The van der Waals surface area contributed by atoms with Gasteiger partial charge in [0, 0.05) is 0 Å². The Bertz CT molecular complexity index is 687. The number of rotatable bonds is 6. The topological polar surface area (TPSA) is 90.4 Å². The van der Waals surface area contributed by atoms with Crippen molar-refractivity contribution in [1.82, 2.24) is 9.78 Å². The molecule has 0 fully saturated rings. The summed E-state index contributed by atoms with van der Waals surface area (Å²) in [6.45, 7) is 2.97. The fourth-order valence-electron chi connectivity index (χ4n) is 2.13. The molecule has 7 nitrogen and oxygen atoms in total. The molecule has 0 amide bonds. The molecule has 1 aromatic carbocycles. The normalized spacial score (nSPS) is 12.2. The van der Waals surface area contributed by atoms with E-state index >= 15 is 0 Å². The third-order valence-corrected chi connectivity index (χ3v) is 3.18. The Morgan fingerprint density at radius 3 is 2.73 bits per heavy atom. The van der Waals surface area contributed by atoms with Crippen LogP contribution < -0.4 is 4.74 Å². The lowest BCUT2D eigenvalue weighted by Crippen LogP contribution is -2.25. The van der Waals surface area contributed by atoms with Gasteiger partial charge in [-0.05, 0) is 26.0 Å². The molecule has 0 bridgehead atoms. The third-order valence-electron chi connectivity index (χ3n) is 3.18. The molecule has 1 N–H and O–H groups in total. The van der Waals surface area contributed by atoms with E-state index in [-0.39, 0.29) is 30.3 Å². The lowest BCUT2D eigenvalue weighted by molar-refractivity contribution is -0.386. The van der Waals surface area contributed by atoms with Crippen LogP contribution in [-0.2, 0) is 6.54 Å². The molecule has 0 aliphatic rings. The number of benzene rings is 1. The molecule has 1 heterocycles. The molecule has 1 aromatic heterocycles. The highest BCUT2D eigenvalue weighted by Crippen LogP contribution is 2.22. The van der Waals surface area contributed by atoms with E-state index < -0.39 is 16.8 Å². The Kier molecular flexibility index (Phi) is 4.71. The molecule has 0 spiro atoms. The number of hydrogen-bond donors (Lipinski definition) is 1. The Balaban J connectivity index is 2.01. The maximum absolute atomic E-state index is 13.4. The van der Waals surface area contributed by atoms with Crippen LogP contribution in [0.3, 0.4) is 0 Å². The van der Waals surface area contributed by atoms with Crippen LogP contribution in [0.25, 0.3) is 0 Å². The average Bonchev–Trinajstić information content (AvgIpc) is 2.72. The monoisotopic (exact) mass is 309 g/mol. The molecular weight excluding hydrogens is 293 g/mol. The summed E-state index contributed by atoms with van der Waals surface area (Å²) in [7, 11) is 0. The summed E-state index contributed by atoms with van der Waals surface area (Å²) in [4.78, 5) is 10.4. The molecule has 2 rings (SSSR count). The Morgan fingerprint density at radius 2 is 2.14 bits per heavy atom. The summed E-state index contributed by atoms with van der Waals surface area (Å²) in [6.07, 6.45) is -0.975. The molecule has 0 aliphatic carbocycles. The lowest BCUT2D eigenvalue weighted by Gasteiger charge is -2.13. The number of aryl methyl sites for hydroxylation is 1. The van der Waals surface area contributed by atoms with Crippen molar-refractivity contribution >= 4 is 5.69 Å². The fraction of sp³-hybridized carbons (Fsp3) is 0.357. The van der Waals surface area contributed by atoms with Gasteiger partial charge in [0.2, 0.25) is 0 Å². The van der Waals surface area contributed by atoms with Crippen LogP contribution >= 0.6 is 0 Å². The van der Waals surface area contributed by atoms with Crippen LogP contribution in [0.15, 0.2) is 24.3 Å². The van der Waals surface area contributed by atoms with Gasteiger partial charge >= 0.3 is 5.69 Å². The smallest absolute Gasteiger partial charge is 0.312 e. The van der Waals surface area contributed by atoms with E-state index in [1.54, 1.807) is 13.0 Å². The maximum Gasteiger partial charge on any atom is 0.312 e. The van der Waals surface area contributed by atoms with Gasteiger partial charge < -0.3 is 9.84 Å². The number of ether oxygens (including phenoxy) is 1. The Labute approximate surface area is 126 Å². The van der Waals surface area contributed by atoms with E-state index in [9.17, 15) is 19.6 Å². The largest absolute Gasteiger partial charge is 0.488 e. The van der Waals surface area contributed by atoms with E-state index in [0.717, 1.165) is 0 Å². The lowest BCUT2D eigenvalue weighted by atomic mass is 10.3. The first-order valence-corrected chi connectivity index (χ1v) is 6.64. The number of hydrogen-bond acceptors (Lipinski definition) is 5. The molecule has 0 saturated heterocycles. The minimum absolute atomic E-state index is 0.0228. The van der Waals surface area contributed by atoms with Crippen LogP contribution in [0, 0.1) is 29.8 Å². The second-order valence-electron chi connectivity index (χ2n) is 4.85. The second-order valence-corrected chi connectivity index (χ2v) is 4.85. The predicted octanol–water partition coefficient (Wildman–Crippen LogP) is 1.99. The van der Waals surface area contributed by atoms with Crippen LogP contribution in [0.1, 0.15) is 11.4 Å². The van der Waals surface area contributed by atoms with Gasteiger partial charge in [0.05, 0.1) is 11.5 Å². The second kappa shape index (κ2) is 6.52. The number of aliphatic hydroxyl groups excluding tert-OH is 1. The predicted molar refractivity (Wildman–Crippen MR) is 76.3 cm³/mol. The van der Waals surface area contributed by atoms with Crippen LogP contribution in [-0.4, -0.2) is 32.5 Å². The fourth-order valence-corrected chi connectivity index (χ4v) is 2.13. The summed E-state index contributed by atoms with van der Waals surface area (Å²) in [5, 5.41) is 24.9. The number of aliphatic hydroxyl groups is 1. The van der Waals surface area contributed by atoms with Crippen molar-refractivity contribution in [3.05, 3.63) is 51.6 Å². The van der Waals surface area contributed by atoms with Crippen molar-refractivity contribution in [1.29, 1.82) is 0 Å². The molecule has 8 heteroatoms. The van der Waals surface area contributed by atoms with Gasteiger partial charge in [-0.25, -0.2) is 4.39 Å². The number of nitro groups is 1. The van der Waals surface area contributed by atoms with Gasteiger partial charge in [-0.1, -0.05) is 12.1 Å². The van der Waals surface area contributed by atoms with Gasteiger partial charge in [0.15, 0.2) is 11.6 Å². The average molecular weight is 309 g/mol. The minimum atomic E-state index is -0.975. The highest BCUT2D eigenvalue weighted by Gasteiger charge is 2.23. The molecule has 22 heavy (non-hydrogen) atoms. The van der Waals surface area contributed by atoms with Crippen LogP contribution in [0.5, 0.6) is 5.75 Å². The molecular formula is C14H16FN3O4. The number of para-hydroxylation sites is 1. The number of aromatic nitrogens is 2. The molecule has 1 unspecified atom stereocenters. The minimum Gasteiger partial charge on any atom is -0.488 e. The summed E-state index contributed by atoms with van der Waals surface area (Å²) < 4.78 is 19.9. The van der Waals surface area contributed by atoms with Crippen LogP contribution in [0.2, 0.25) is 0 Å². The van der Waals surface area contributed by atoms with Crippen LogP contribution in [0.4, 0.5) is 10.1 Å². The molecule has 0 aliphatic heterocycles. The van der Waals surface area contributed by atoms with E-state index in [4.69, 9.17) is 4.74 Å². The third kappa shape index (κ3) is 3.40. The van der Waals surface area contributed by atoms with Crippen molar-refractivity contribution in [2.45, 2.75) is 26.5 Å². The summed E-state index contributed by atoms with van der Waals surface area (Å²) in [6, 6.07) is 5.87. The number of nitrogens with zero attached hydrogens (tertiary/aromatic N) is 3. The highest BCUT2D eigenvalue weighted by molar-refractivity contribution is 5.39. The first kappa shape index (κ1) is 15.9. The first-order chi connectivity index (χ1) is 10.4. The molecule has 2 aromatic rings. The van der Waals surface area contributed by atoms with E-state index in [1.165, 1.54) is 29.8 Å². The van der Waals surface area contributed by atoms with Crippen molar-refractivity contribution in [2.75, 3.05) is 6.61 Å². The zero-order chi connectivity index (χ0) is 16.3.